The van der Waals surface area contributed by atoms with Crippen LogP contribution in [0.4, 0.5) is 0 Å². The quantitative estimate of drug-likeness (QED) is 0.288. The maximum absolute atomic E-state index is 12.8. The minimum atomic E-state index is -0.374. The summed E-state index contributed by atoms with van der Waals surface area (Å²) in [6.07, 6.45) is 2.83. The molecule has 32 heavy (non-hydrogen) atoms. The fraction of sp³-hybridized carbons (Fsp3) is 0.240. The number of carbonyl (C=O) groups excluding carboxylic acids is 2. The first-order valence-electron chi connectivity index (χ1n) is 10.4. The average Bonchev–Trinajstić information content (AvgIpc) is 3.16. The number of benzene rings is 2. The predicted molar refractivity (Wildman–Crippen MR) is 124 cm³/mol. The van der Waals surface area contributed by atoms with E-state index in [9.17, 15) is 9.59 Å². The van der Waals surface area contributed by atoms with Crippen LogP contribution in [0.2, 0.25) is 0 Å². The van der Waals surface area contributed by atoms with Gasteiger partial charge in [0.15, 0.2) is 0 Å². The standard InChI is InChI=1S/C25H28N4O3/c1-4-32-25(31)22-20(12-16-8-10-18(11-9-16)24(30)29(2)3)15-28-21(22)14-17-6-5-7-19(13-17)23(26)27/h5-11,13,15,28H,4,12,14H2,1-3H3,(H3,26,27). The second kappa shape index (κ2) is 9.96. The van der Waals surface area contributed by atoms with Gasteiger partial charge in [0.2, 0.25) is 0 Å². The van der Waals surface area contributed by atoms with Crippen LogP contribution in [0.25, 0.3) is 0 Å². The zero-order valence-corrected chi connectivity index (χ0v) is 18.6. The Kier molecular flexibility index (Phi) is 7.10. The Morgan fingerprint density at radius 1 is 1.03 bits per heavy atom. The van der Waals surface area contributed by atoms with Gasteiger partial charge in [-0.2, -0.15) is 0 Å². The number of nitrogens with one attached hydrogen (secondary N) is 2. The molecule has 0 bridgehead atoms. The topological polar surface area (TPSA) is 112 Å². The van der Waals surface area contributed by atoms with Gasteiger partial charge in [0.05, 0.1) is 12.2 Å². The Bertz CT molecular complexity index is 1130. The number of hydrogen-bond acceptors (Lipinski definition) is 4. The number of nitrogen functional groups attached to an aromatic ring is 1. The number of aromatic amines is 1. The molecule has 3 rings (SSSR count). The second-order valence-electron chi connectivity index (χ2n) is 7.75. The summed E-state index contributed by atoms with van der Waals surface area (Å²) in [6, 6.07) is 14.8. The molecular weight excluding hydrogens is 404 g/mol. The van der Waals surface area contributed by atoms with Crippen molar-refractivity contribution >= 4 is 17.7 Å². The van der Waals surface area contributed by atoms with Crippen molar-refractivity contribution in [3.05, 3.63) is 93.8 Å². The summed E-state index contributed by atoms with van der Waals surface area (Å²) in [6.45, 7) is 2.06. The van der Waals surface area contributed by atoms with Crippen LogP contribution in [0.5, 0.6) is 0 Å². The number of aromatic nitrogens is 1. The van der Waals surface area contributed by atoms with Crippen molar-refractivity contribution in [2.75, 3.05) is 20.7 Å². The van der Waals surface area contributed by atoms with Gasteiger partial charge in [0.1, 0.15) is 5.84 Å². The first kappa shape index (κ1) is 22.8. The summed E-state index contributed by atoms with van der Waals surface area (Å²) in [7, 11) is 3.44. The van der Waals surface area contributed by atoms with Crippen molar-refractivity contribution in [2.24, 2.45) is 5.73 Å². The van der Waals surface area contributed by atoms with Gasteiger partial charge in [-0.3, -0.25) is 10.2 Å². The molecule has 3 aromatic rings. The van der Waals surface area contributed by atoms with Gasteiger partial charge in [-0.1, -0.05) is 30.3 Å². The van der Waals surface area contributed by atoms with Crippen LogP contribution in [-0.2, 0) is 17.6 Å². The molecule has 7 heteroatoms. The Labute approximate surface area is 187 Å². The summed E-state index contributed by atoms with van der Waals surface area (Å²) >= 11 is 0. The van der Waals surface area contributed by atoms with E-state index < -0.39 is 0 Å². The van der Waals surface area contributed by atoms with Crippen LogP contribution in [0.15, 0.2) is 54.7 Å². The molecule has 0 spiro atoms. The van der Waals surface area contributed by atoms with E-state index in [2.05, 4.69) is 4.98 Å². The second-order valence-corrected chi connectivity index (χ2v) is 7.75. The number of esters is 1. The maximum Gasteiger partial charge on any atom is 0.340 e. The lowest BCUT2D eigenvalue weighted by Crippen LogP contribution is -2.21. The molecule has 7 nitrogen and oxygen atoms in total. The number of hydrogen-bond donors (Lipinski definition) is 3. The van der Waals surface area contributed by atoms with Gasteiger partial charge < -0.3 is 20.4 Å². The third-order valence-corrected chi connectivity index (χ3v) is 5.14. The molecule has 0 unspecified atom stereocenters. The molecule has 166 valence electrons. The summed E-state index contributed by atoms with van der Waals surface area (Å²) in [5.74, 6) is -0.429. The molecule has 0 saturated heterocycles. The van der Waals surface area contributed by atoms with Gasteiger partial charge >= 0.3 is 5.97 Å². The molecule has 0 aliphatic heterocycles. The minimum Gasteiger partial charge on any atom is -0.462 e. The summed E-state index contributed by atoms with van der Waals surface area (Å²) in [4.78, 5) is 29.7. The number of H-pyrrole nitrogens is 1. The number of ether oxygens (including phenoxy) is 1. The highest BCUT2D eigenvalue weighted by Crippen LogP contribution is 2.23. The third-order valence-electron chi connectivity index (χ3n) is 5.14. The lowest BCUT2D eigenvalue weighted by Gasteiger charge is -2.11. The van der Waals surface area contributed by atoms with E-state index in [1.54, 1.807) is 39.2 Å². The van der Waals surface area contributed by atoms with E-state index in [1.807, 2.05) is 36.5 Å². The van der Waals surface area contributed by atoms with Crippen LogP contribution in [0.1, 0.15) is 55.6 Å². The van der Waals surface area contributed by atoms with Crippen LogP contribution in [0.3, 0.4) is 0 Å². The zero-order valence-electron chi connectivity index (χ0n) is 18.6. The molecule has 0 radical (unpaired) electrons. The summed E-state index contributed by atoms with van der Waals surface area (Å²) in [5, 5.41) is 7.64. The molecule has 0 atom stereocenters. The first-order valence-corrected chi connectivity index (χ1v) is 10.4. The average molecular weight is 433 g/mol. The van der Waals surface area contributed by atoms with Crippen molar-refractivity contribution in [1.82, 2.24) is 9.88 Å². The van der Waals surface area contributed by atoms with Crippen molar-refractivity contribution in [1.29, 1.82) is 5.41 Å². The molecule has 2 aromatic carbocycles. The van der Waals surface area contributed by atoms with E-state index in [0.717, 1.165) is 22.4 Å². The van der Waals surface area contributed by atoms with E-state index in [4.69, 9.17) is 15.9 Å². The third kappa shape index (κ3) is 5.24. The van der Waals surface area contributed by atoms with Crippen LogP contribution < -0.4 is 5.73 Å². The SMILES string of the molecule is CCOC(=O)c1c(Cc2ccc(C(=O)N(C)C)cc2)c[nH]c1Cc1cccc(C(=N)N)c1. The smallest absolute Gasteiger partial charge is 0.340 e. The minimum absolute atomic E-state index is 0.000774. The highest BCUT2D eigenvalue weighted by molar-refractivity contribution is 5.95. The summed E-state index contributed by atoms with van der Waals surface area (Å²) in [5.41, 5.74) is 10.9. The van der Waals surface area contributed by atoms with Crippen molar-refractivity contribution < 1.29 is 14.3 Å². The Morgan fingerprint density at radius 2 is 1.75 bits per heavy atom. The zero-order chi connectivity index (χ0) is 23.3. The molecule has 0 fully saturated rings. The van der Waals surface area contributed by atoms with Gasteiger partial charge in [-0.05, 0) is 48.2 Å². The first-order chi connectivity index (χ1) is 15.3. The van der Waals surface area contributed by atoms with Gasteiger partial charge in [0.25, 0.3) is 5.91 Å². The molecule has 0 aliphatic rings. The predicted octanol–water partition coefficient (Wildman–Crippen LogP) is 3.36. The van der Waals surface area contributed by atoms with E-state index in [0.29, 0.717) is 29.5 Å². The molecule has 0 aliphatic carbocycles. The number of amidine groups is 1. The van der Waals surface area contributed by atoms with Gasteiger partial charge in [0, 0.05) is 43.5 Å². The molecule has 1 heterocycles. The monoisotopic (exact) mass is 432 g/mol. The molecule has 0 saturated carbocycles. The highest BCUT2D eigenvalue weighted by Gasteiger charge is 2.20. The van der Waals surface area contributed by atoms with E-state index >= 15 is 0 Å². The van der Waals surface area contributed by atoms with E-state index in [1.165, 1.54) is 4.90 Å². The lowest BCUT2D eigenvalue weighted by molar-refractivity contribution is 0.0524. The van der Waals surface area contributed by atoms with Gasteiger partial charge in [-0.15, -0.1) is 0 Å². The molecular formula is C25H28N4O3. The fourth-order valence-electron chi connectivity index (χ4n) is 3.55. The molecule has 4 N–H and O–H groups in total. The Morgan fingerprint density at radius 3 is 2.38 bits per heavy atom. The Balaban J connectivity index is 1.89. The van der Waals surface area contributed by atoms with Crippen molar-refractivity contribution in [3.8, 4) is 0 Å². The number of rotatable bonds is 8. The molecule has 1 amide bonds. The maximum atomic E-state index is 12.8. The Hall–Kier alpha value is -3.87. The number of amides is 1. The normalized spacial score (nSPS) is 10.6. The number of nitrogens with zero attached hydrogens (tertiary/aromatic N) is 1. The lowest BCUT2D eigenvalue weighted by atomic mass is 9.98. The van der Waals surface area contributed by atoms with E-state index in [-0.39, 0.29) is 24.3 Å². The number of nitrogens with two attached hydrogens (primary N) is 1. The summed E-state index contributed by atoms with van der Waals surface area (Å²) < 4.78 is 5.32. The highest BCUT2D eigenvalue weighted by atomic mass is 16.5. The van der Waals surface area contributed by atoms with Crippen LogP contribution in [0, 0.1) is 5.41 Å². The largest absolute Gasteiger partial charge is 0.462 e. The van der Waals surface area contributed by atoms with Crippen molar-refractivity contribution in [2.45, 2.75) is 19.8 Å². The van der Waals surface area contributed by atoms with Gasteiger partial charge in [-0.25, -0.2) is 4.79 Å². The van der Waals surface area contributed by atoms with Crippen LogP contribution >= 0.6 is 0 Å². The van der Waals surface area contributed by atoms with Crippen LogP contribution in [-0.4, -0.2) is 48.3 Å². The van der Waals surface area contributed by atoms with Crippen molar-refractivity contribution in [3.63, 3.8) is 0 Å². The number of carbonyl (C=O) groups is 2. The fourth-order valence-corrected chi connectivity index (χ4v) is 3.55. The molecule has 1 aromatic heterocycles.